The molecule has 1 atom stereocenters. The molecule has 1 aromatic carbocycles. The summed E-state index contributed by atoms with van der Waals surface area (Å²) in [6.45, 7) is 5.58. The van der Waals surface area contributed by atoms with E-state index in [-0.39, 0.29) is 0 Å². The predicted molar refractivity (Wildman–Crippen MR) is 95.7 cm³/mol. The van der Waals surface area contributed by atoms with Gasteiger partial charge in [0.15, 0.2) is 0 Å². The molecule has 0 aliphatic heterocycles. The summed E-state index contributed by atoms with van der Waals surface area (Å²) in [6, 6.07) is 8.99. The Morgan fingerprint density at radius 3 is 2.70 bits per heavy atom. The molecule has 114 valence electrons. The van der Waals surface area contributed by atoms with Crippen LogP contribution in [0, 0.1) is 0 Å². The third-order valence-electron chi connectivity index (χ3n) is 3.40. The van der Waals surface area contributed by atoms with E-state index in [1.165, 1.54) is 22.2 Å². The third-order valence-corrected chi connectivity index (χ3v) is 4.71. The lowest BCUT2D eigenvalue weighted by Gasteiger charge is -2.23. The summed E-state index contributed by atoms with van der Waals surface area (Å²) in [7, 11) is 2.22. The molecular weight excluding hydrogens is 332 g/mol. The molecular formula is C16H27BrN2S. The van der Waals surface area contributed by atoms with E-state index in [0.29, 0.717) is 6.04 Å². The first-order valence-corrected chi connectivity index (χ1v) is 9.53. The van der Waals surface area contributed by atoms with E-state index >= 15 is 0 Å². The minimum atomic E-state index is 0.433. The Bertz CT molecular complexity index is 373. The minimum Gasteiger partial charge on any atom is -0.310 e. The molecule has 0 saturated heterocycles. The van der Waals surface area contributed by atoms with Crippen LogP contribution in [0.1, 0.15) is 31.4 Å². The van der Waals surface area contributed by atoms with E-state index in [9.17, 15) is 0 Å². The zero-order valence-electron chi connectivity index (χ0n) is 12.9. The second kappa shape index (κ2) is 10.7. The summed E-state index contributed by atoms with van der Waals surface area (Å²) in [4.78, 5) is 2.42. The summed E-state index contributed by atoms with van der Waals surface area (Å²) < 4.78 is 1.21. The Morgan fingerprint density at radius 1 is 1.30 bits per heavy atom. The van der Waals surface area contributed by atoms with Crippen molar-refractivity contribution in [2.75, 3.05) is 38.7 Å². The largest absolute Gasteiger partial charge is 0.310 e. The molecule has 1 rings (SSSR count). The number of hydrogen-bond donors (Lipinski definition) is 1. The Hall–Kier alpha value is -0.0300. The van der Waals surface area contributed by atoms with Crippen molar-refractivity contribution in [3.05, 3.63) is 34.3 Å². The smallest absolute Gasteiger partial charge is 0.0343 e. The Kier molecular flexibility index (Phi) is 9.61. The average Bonchev–Trinajstić information content (AvgIpc) is 2.46. The van der Waals surface area contributed by atoms with Gasteiger partial charge in [0.25, 0.3) is 0 Å². The van der Waals surface area contributed by atoms with Gasteiger partial charge in [0.1, 0.15) is 0 Å². The van der Waals surface area contributed by atoms with Crippen LogP contribution in [0.3, 0.4) is 0 Å². The van der Waals surface area contributed by atoms with Crippen LogP contribution in [0.25, 0.3) is 0 Å². The van der Waals surface area contributed by atoms with Crippen molar-refractivity contribution < 1.29 is 0 Å². The first-order valence-electron chi connectivity index (χ1n) is 7.34. The molecule has 0 spiro atoms. The fourth-order valence-electron chi connectivity index (χ4n) is 2.15. The maximum Gasteiger partial charge on any atom is 0.0343 e. The number of benzene rings is 1. The quantitative estimate of drug-likeness (QED) is 0.675. The van der Waals surface area contributed by atoms with Crippen molar-refractivity contribution in [3.63, 3.8) is 0 Å². The van der Waals surface area contributed by atoms with Gasteiger partial charge in [-0.2, -0.15) is 11.8 Å². The number of nitrogens with zero attached hydrogens (tertiary/aromatic N) is 1. The molecule has 0 heterocycles. The lowest BCUT2D eigenvalue weighted by atomic mass is 10.0. The van der Waals surface area contributed by atoms with E-state index in [1.807, 2.05) is 11.8 Å². The van der Waals surface area contributed by atoms with E-state index in [2.05, 4.69) is 70.6 Å². The summed E-state index contributed by atoms with van der Waals surface area (Å²) >= 11 is 5.59. The molecule has 20 heavy (non-hydrogen) atoms. The van der Waals surface area contributed by atoms with Crippen LogP contribution in [0.4, 0.5) is 0 Å². The molecule has 1 unspecified atom stereocenters. The van der Waals surface area contributed by atoms with Gasteiger partial charge >= 0.3 is 0 Å². The average molecular weight is 359 g/mol. The van der Waals surface area contributed by atoms with Crippen molar-refractivity contribution in [2.24, 2.45) is 0 Å². The Morgan fingerprint density at radius 2 is 2.05 bits per heavy atom. The van der Waals surface area contributed by atoms with Gasteiger partial charge < -0.3 is 10.2 Å². The van der Waals surface area contributed by atoms with Gasteiger partial charge in [-0.3, -0.25) is 0 Å². The summed E-state index contributed by atoms with van der Waals surface area (Å²) in [5.41, 5.74) is 1.37. The molecule has 2 nitrogen and oxygen atoms in total. The van der Waals surface area contributed by atoms with Crippen LogP contribution in [0.5, 0.6) is 0 Å². The lowest BCUT2D eigenvalue weighted by Crippen LogP contribution is -2.29. The standard InChI is InChI=1S/C16H27BrN2S/c1-4-10-18-16(9-11-19(2)12-13-20-3)14-7-5-6-8-15(14)17/h5-8,16,18H,4,9-13H2,1-3H3. The van der Waals surface area contributed by atoms with E-state index in [1.54, 1.807) is 0 Å². The summed E-state index contributed by atoms with van der Waals surface area (Å²) in [5.74, 6) is 1.21. The van der Waals surface area contributed by atoms with Crippen LogP contribution < -0.4 is 5.32 Å². The second-order valence-electron chi connectivity index (χ2n) is 5.11. The third kappa shape index (κ3) is 6.61. The van der Waals surface area contributed by atoms with Crippen LogP contribution in [-0.4, -0.2) is 43.6 Å². The van der Waals surface area contributed by atoms with Crippen molar-refractivity contribution in [2.45, 2.75) is 25.8 Å². The molecule has 0 radical (unpaired) electrons. The normalized spacial score (nSPS) is 12.8. The lowest BCUT2D eigenvalue weighted by molar-refractivity contribution is 0.323. The highest BCUT2D eigenvalue weighted by Gasteiger charge is 2.14. The van der Waals surface area contributed by atoms with Crippen LogP contribution in [0.15, 0.2) is 28.7 Å². The Labute approximate surface area is 136 Å². The molecule has 0 aliphatic rings. The number of rotatable bonds is 10. The fraction of sp³-hybridized carbons (Fsp3) is 0.625. The highest BCUT2D eigenvalue weighted by atomic mass is 79.9. The molecule has 0 amide bonds. The van der Waals surface area contributed by atoms with E-state index < -0.39 is 0 Å². The number of halogens is 1. The molecule has 0 fully saturated rings. The van der Waals surface area contributed by atoms with Gasteiger partial charge in [0.2, 0.25) is 0 Å². The van der Waals surface area contributed by atoms with Gasteiger partial charge in [-0.15, -0.1) is 0 Å². The second-order valence-corrected chi connectivity index (χ2v) is 6.95. The van der Waals surface area contributed by atoms with Crippen LogP contribution in [-0.2, 0) is 0 Å². The van der Waals surface area contributed by atoms with Crippen molar-refractivity contribution in [1.29, 1.82) is 0 Å². The Balaban J connectivity index is 2.58. The molecule has 4 heteroatoms. The van der Waals surface area contributed by atoms with Gasteiger partial charge in [0.05, 0.1) is 0 Å². The predicted octanol–water partition coefficient (Wildman–Crippen LogP) is 4.17. The number of nitrogens with one attached hydrogen (secondary N) is 1. The molecule has 1 aromatic rings. The maximum absolute atomic E-state index is 3.68. The van der Waals surface area contributed by atoms with Crippen molar-refractivity contribution >= 4 is 27.7 Å². The highest BCUT2D eigenvalue weighted by molar-refractivity contribution is 9.10. The fourth-order valence-corrected chi connectivity index (χ4v) is 3.21. The first-order chi connectivity index (χ1) is 9.69. The number of thioether (sulfide) groups is 1. The van der Waals surface area contributed by atoms with E-state index in [4.69, 9.17) is 0 Å². The monoisotopic (exact) mass is 358 g/mol. The van der Waals surface area contributed by atoms with Gasteiger partial charge in [0, 0.05) is 22.8 Å². The number of hydrogen-bond acceptors (Lipinski definition) is 3. The topological polar surface area (TPSA) is 15.3 Å². The molecule has 1 N–H and O–H groups in total. The first kappa shape index (κ1) is 18.0. The zero-order chi connectivity index (χ0) is 14.8. The van der Waals surface area contributed by atoms with Gasteiger partial charge in [-0.25, -0.2) is 0 Å². The summed E-state index contributed by atoms with van der Waals surface area (Å²) in [5, 5.41) is 3.68. The molecule has 0 bridgehead atoms. The van der Waals surface area contributed by atoms with Crippen LogP contribution in [0.2, 0.25) is 0 Å². The van der Waals surface area contributed by atoms with Crippen molar-refractivity contribution in [1.82, 2.24) is 10.2 Å². The zero-order valence-corrected chi connectivity index (χ0v) is 15.3. The van der Waals surface area contributed by atoms with E-state index in [0.717, 1.165) is 26.1 Å². The SMILES string of the molecule is CCCNC(CCN(C)CCSC)c1ccccc1Br. The minimum absolute atomic E-state index is 0.433. The van der Waals surface area contributed by atoms with Gasteiger partial charge in [-0.1, -0.05) is 41.1 Å². The van der Waals surface area contributed by atoms with Crippen molar-refractivity contribution in [3.8, 4) is 0 Å². The molecule has 0 saturated carbocycles. The summed E-state index contributed by atoms with van der Waals surface area (Å²) in [6.07, 6.45) is 4.48. The molecule has 0 aliphatic carbocycles. The van der Waals surface area contributed by atoms with Gasteiger partial charge in [-0.05, 0) is 50.9 Å². The molecule has 0 aromatic heterocycles. The van der Waals surface area contributed by atoms with Crippen LogP contribution >= 0.6 is 27.7 Å². The highest BCUT2D eigenvalue weighted by Crippen LogP contribution is 2.25. The maximum atomic E-state index is 3.68.